The first-order valence-corrected chi connectivity index (χ1v) is 4.77. The van der Waals surface area contributed by atoms with Crippen LogP contribution in [0.25, 0.3) is 0 Å². The number of aryl methyl sites for hydroxylation is 1. The third kappa shape index (κ3) is 2.25. The van der Waals surface area contributed by atoms with E-state index < -0.39 is 5.82 Å². The van der Waals surface area contributed by atoms with Gasteiger partial charge in [-0.15, -0.1) is 0 Å². The summed E-state index contributed by atoms with van der Waals surface area (Å²) in [7, 11) is 0. The predicted octanol–water partition coefficient (Wildman–Crippen LogP) is 2.25. The van der Waals surface area contributed by atoms with E-state index in [1.165, 1.54) is 0 Å². The fourth-order valence-electron chi connectivity index (χ4n) is 1.30. The highest BCUT2D eigenvalue weighted by atomic mass is 19.1. The van der Waals surface area contributed by atoms with Crippen molar-refractivity contribution >= 4 is 17.2 Å². The Bertz CT molecular complexity index is 513. The molecule has 0 saturated heterocycles. The number of rotatable bonds is 2. The second-order valence-corrected chi connectivity index (χ2v) is 3.36. The first-order valence-electron chi connectivity index (χ1n) is 4.77. The predicted molar refractivity (Wildman–Crippen MR) is 60.9 cm³/mol. The summed E-state index contributed by atoms with van der Waals surface area (Å²) in [5.41, 5.74) is 6.91. The number of hydrogen-bond donors (Lipinski definition) is 2. The van der Waals surface area contributed by atoms with E-state index in [1.807, 2.05) is 0 Å². The van der Waals surface area contributed by atoms with E-state index >= 15 is 0 Å². The van der Waals surface area contributed by atoms with Crippen LogP contribution < -0.4 is 11.1 Å². The molecular formula is C11H11FN4. The maximum Gasteiger partial charge on any atom is 0.184 e. The SMILES string of the molecule is Cc1ncc(F)c(Nc2cccc(N)c2)n1. The van der Waals surface area contributed by atoms with Crippen molar-refractivity contribution in [3.8, 4) is 0 Å². The molecule has 1 aromatic carbocycles. The highest BCUT2D eigenvalue weighted by molar-refractivity contribution is 5.61. The molecule has 4 nitrogen and oxygen atoms in total. The van der Waals surface area contributed by atoms with Crippen LogP contribution in [0.3, 0.4) is 0 Å². The lowest BCUT2D eigenvalue weighted by molar-refractivity contribution is 0.616. The van der Waals surface area contributed by atoms with Gasteiger partial charge in [-0.2, -0.15) is 0 Å². The molecule has 0 radical (unpaired) electrons. The van der Waals surface area contributed by atoms with E-state index in [-0.39, 0.29) is 5.82 Å². The van der Waals surface area contributed by atoms with Crippen LogP contribution in [-0.4, -0.2) is 9.97 Å². The van der Waals surface area contributed by atoms with E-state index in [9.17, 15) is 4.39 Å². The van der Waals surface area contributed by atoms with Crippen LogP contribution >= 0.6 is 0 Å². The van der Waals surface area contributed by atoms with Crippen molar-refractivity contribution in [1.29, 1.82) is 0 Å². The standard InChI is InChI=1S/C11H11FN4/c1-7-14-6-10(12)11(15-7)16-9-4-2-3-8(13)5-9/h2-6H,13H2,1H3,(H,14,15,16). The van der Waals surface area contributed by atoms with Crippen molar-refractivity contribution in [2.75, 3.05) is 11.1 Å². The molecule has 82 valence electrons. The smallest absolute Gasteiger partial charge is 0.184 e. The Labute approximate surface area is 92.3 Å². The Kier molecular flexibility index (Phi) is 2.68. The van der Waals surface area contributed by atoms with Gasteiger partial charge >= 0.3 is 0 Å². The first kappa shape index (κ1) is 10.4. The molecule has 0 saturated carbocycles. The zero-order valence-corrected chi connectivity index (χ0v) is 8.74. The number of hydrogen-bond acceptors (Lipinski definition) is 4. The molecule has 1 heterocycles. The third-order valence-corrected chi connectivity index (χ3v) is 2.01. The van der Waals surface area contributed by atoms with Crippen LogP contribution in [0.2, 0.25) is 0 Å². The fraction of sp³-hybridized carbons (Fsp3) is 0.0909. The molecule has 0 aliphatic heterocycles. The highest BCUT2D eigenvalue weighted by Gasteiger charge is 2.05. The lowest BCUT2D eigenvalue weighted by Crippen LogP contribution is -2.00. The van der Waals surface area contributed by atoms with Gasteiger partial charge in [0.15, 0.2) is 11.6 Å². The van der Waals surface area contributed by atoms with Crippen molar-refractivity contribution in [3.63, 3.8) is 0 Å². The minimum absolute atomic E-state index is 0.151. The molecule has 2 aromatic rings. The van der Waals surface area contributed by atoms with Gasteiger partial charge in [0.2, 0.25) is 0 Å². The summed E-state index contributed by atoms with van der Waals surface area (Å²) in [6.07, 6.45) is 1.14. The molecule has 0 spiro atoms. The summed E-state index contributed by atoms with van der Waals surface area (Å²) in [6.45, 7) is 1.70. The van der Waals surface area contributed by atoms with Crippen molar-refractivity contribution in [3.05, 3.63) is 42.1 Å². The number of halogens is 1. The zero-order chi connectivity index (χ0) is 11.5. The van der Waals surface area contributed by atoms with Crippen molar-refractivity contribution < 1.29 is 4.39 Å². The molecule has 0 fully saturated rings. The Balaban J connectivity index is 2.30. The maximum atomic E-state index is 13.3. The molecule has 3 N–H and O–H groups in total. The average Bonchev–Trinajstić information content (AvgIpc) is 2.24. The number of nitrogens with zero attached hydrogens (tertiary/aromatic N) is 2. The lowest BCUT2D eigenvalue weighted by Gasteiger charge is -2.07. The second-order valence-electron chi connectivity index (χ2n) is 3.36. The molecular weight excluding hydrogens is 207 g/mol. The molecule has 0 amide bonds. The number of nitrogen functional groups attached to an aromatic ring is 1. The lowest BCUT2D eigenvalue weighted by atomic mass is 10.3. The Morgan fingerprint density at radius 3 is 2.94 bits per heavy atom. The van der Waals surface area contributed by atoms with Gasteiger partial charge in [-0.3, -0.25) is 0 Å². The van der Waals surface area contributed by atoms with Gasteiger partial charge in [0.05, 0.1) is 6.20 Å². The summed E-state index contributed by atoms with van der Waals surface area (Å²) in [6, 6.07) is 7.03. The number of aromatic nitrogens is 2. The average molecular weight is 218 g/mol. The van der Waals surface area contributed by atoms with Crippen LogP contribution in [-0.2, 0) is 0 Å². The molecule has 0 aliphatic rings. The Morgan fingerprint density at radius 1 is 1.38 bits per heavy atom. The summed E-state index contributed by atoms with van der Waals surface area (Å²) in [4.78, 5) is 7.71. The quantitative estimate of drug-likeness (QED) is 0.759. The summed E-state index contributed by atoms with van der Waals surface area (Å²) < 4.78 is 13.3. The molecule has 0 aliphatic carbocycles. The largest absolute Gasteiger partial charge is 0.399 e. The minimum Gasteiger partial charge on any atom is -0.399 e. The van der Waals surface area contributed by atoms with Crippen molar-refractivity contribution in [2.45, 2.75) is 6.92 Å². The zero-order valence-electron chi connectivity index (χ0n) is 8.74. The third-order valence-electron chi connectivity index (χ3n) is 2.01. The molecule has 5 heteroatoms. The highest BCUT2D eigenvalue weighted by Crippen LogP contribution is 2.18. The normalized spacial score (nSPS) is 10.1. The van der Waals surface area contributed by atoms with Crippen molar-refractivity contribution in [1.82, 2.24) is 9.97 Å². The number of nitrogens with two attached hydrogens (primary N) is 1. The summed E-state index contributed by atoms with van der Waals surface area (Å²) in [5, 5.41) is 2.85. The molecule has 0 unspecified atom stereocenters. The van der Waals surface area contributed by atoms with Gasteiger partial charge in [0.25, 0.3) is 0 Å². The maximum absolute atomic E-state index is 13.3. The molecule has 1 aromatic heterocycles. The van der Waals surface area contributed by atoms with Crippen LogP contribution in [0.15, 0.2) is 30.5 Å². The molecule has 2 rings (SSSR count). The number of nitrogens with one attached hydrogen (secondary N) is 1. The Morgan fingerprint density at radius 2 is 2.19 bits per heavy atom. The van der Waals surface area contributed by atoms with Gasteiger partial charge in [-0.25, -0.2) is 14.4 Å². The van der Waals surface area contributed by atoms with Crippen LogP contribution in [0.5, 0.6) is 0 Å². The summed E-state index contributed by atoms with van der Waals surface area (Å²) >= 11 is 0. The number of anilines is 3. The fourth-order valence-corrected chi connectivity index (χ4v) is 1.30. The van der Waals surface area contributed by atoms with Gasteiger partial charge in [-0.05, 0) is 25.1 Å². The number of benzene rings is 1. The minimum atomic E-state index is -0.493. The van der Waals surface area contributed by atoms with Gasteiger partial charge in [-0.1, -0.05) is 6.07 Å². The van der Waals surface area contributed by atoms with E-state index in [4.69, 9.17) is 5.73 Å². The monoisotopic (exact) mass is 218 g/mol. The first-order chi connectivity index (χ1) is 7.65. The molecule has 16 heavy (non-hydrogen) atoms. The summed E-state index contributed by atoms with van der Waals surface area (Å²) in [5.74, 6) is 0.166. The van der Waals surface area contributed by atoms with Gasteiger partial charge in [0, 0.05) is 11.4 Å². The van der Waals surface area contributed by atoms with Gasteiger partial charge < -0.3 is 11.1 Å². The van der Waals surface area contributed by atoms with Crippen LogP contribution in [0.4, 0.5) is 21.6 Å². The van der Waals surface area contributed by atoms with Crippen LogP contribution in [0, 0.1) is 12.7 Å². The van der Waals surface area contributed by atoms with E-state index in [2.05, 4.69) is 15.3 Å². The van der Waals surface area contributed by atoms with E-state index in [0.717, 1.165) is 6.20 Å². The van der Waals surface area contributed by atoms with Crippen molar-refractivity contribution in [2.24, 2.45) is 0 Å². The van der Waals surface area contributed by atoms with Crippen LogP contribution in [0.1, 0.15) is 5.82 Å². The molecule has 0 atom stereocenters. The second kappa shape index (κ2) is 4.14. The van der Waals surface area contributed by atoms with E-state index in [1.54, 1.807) is 31.2 Å². The Hall–Kier alpha value is -2.17. The molecule has 0 bridgehead atoms. The topological polar surface area (TPSA) is 63.8 Å². The van der Waals surface area contributed by atoms with E-state index in [0.29, 0.717) is 17.2 Å². The van der Waals surface area contributed by atoms with Gasteiger partial charge in [0.1, 0.15) is 5.82 Å².